The van der Waals surface area contributed by atoms with E-state index >= 15 is 0 Å². The molecule has 0 spiro atoms. The lowest BCUT2D eigenvalue weighted by atomic mass is 9.78. The second kappa shape index (κ2) is 4.46. The fourth-order valence-electron chi connectivity index (χ4n) is 2.27. The van der Waals surface area contributed by atoms with Crippen LogP contribution in [0.25, 0.3) is 10.8 Å². The van der Waals surface area contributed by atoms with Crippen LogP contribution in [0.15, 0.2) is 36.7 Å². The summed E-state index contributed by atoms with van der Waals surface area (Å²) < 4.78 is 0. The summed E-state index contributed by atoms with van der Waals surface area (Å²) in [6.45, 7) is 6.50. The molecule has 1 aromatic heterocycles. The molecule has 1 aromatic carbocycles. The van der Waals surface area contributed by atoms with Gasteiger partial charge in [0.2, 0.25) is 0 Å². The standard InChI is InChI=1S/C15H20N2/c1-4-11(2)15(3,16)14-7-5-6-12-8-9-17-10-13(12)14/h5-11H,4,16H2,1-3H3. The molecule has 2 nitrogen and oxygen atoms in total. The fourth-order valence-corrected chi connectivity index (χ4v) is 2.27. The normalized spacial score (nSPS) is 16.7. The summed E-state index contributed by atoms with van der Waals surface area (Å²) in [5.74, 6) is 0.438. The fraction of sp³-hybridized carbons (Fsp3) is 0.400. The van der Waals surface area contributed by atoms with E-state index in [1.807, 2.05) is 18.5 Å². The third-order valence-electron chi connectivity index (χ3n) is 3.90. The van der Waals surface area contributed by atoms with Crippen molar-refractivity contribution in [1.29, 1.82) is 0 Å². The Morgan fingerprint density at radius 3 is 2.82 bits per heavy atom. The molecule has 0 saturated carbocycles. The minimum atomic E-state index is -0.308. The summed E-state index contributed by atoms with van der Waals surface area (Å²) in [6.07, 6.45) is 4.81. The molecule has 2 unspecified atom stereocenters. The monoisotopic (exact) mass is 228 g/mol. The summed E-state index contributed by atoms with van der Waals surface area (Å²) in [4.78, 5) is 4.22. The first-order valence-corrected chi connectivity index (χ1v) is 6.19. The highest BCUT2D eigenvalue weighted by Crippen LogP contribution is 2.33. The summed E-state index contributed by atoms with van der Waals surface area (Å²) in [7, 11) is 0. The number of pyridine rings is 1. The van der Waals surface area contributed by atoms with E-state index in [9.17, 15) is 0 Å². The van der Waals surface area contributed by atoms with Crippen LogP contribution in [0.5, 0.6) is 0 Å². The van der Waals surface area contributed by atoms with Crippen LogP contribution in [-0.4, -0.2) is 4.98 Å². The molecular weight excluding hydrogens is 208 g/mol. The van der Waals surface area contributed by atoms with Gasteiger partial charge >= 0.3 is 0 Å². The molecule has 90 valence electrons. The van der Waals surface area contributed by atoms with Gasteiger partial charge in [0.15, 0.2) is 0 Å². The molecule has 0 aliphatic heterocycles. The second-order valence-corrected chi connectivity index (χ2v) is 4.99. The van der Waals surface area contributed by atoms with Crippen molar-refractivity contribution in [2.24, 2.45) is 11.7 Å². The van der Waals surface area contributed by atoms with Gasteiger partial charge in [0.25, 0.3) is 0 Å². The molecule has 0 radical (unpaired) electrons. The Labute approximate surface area is 103 Å². The van der Waals surface area contributed by atoms with Crippen LogP contribution in [0.4, 0.5) is 0 Å². The van der Waals surface area contributed by atoms with Crippen LogP contribution in [0.1, 0.15) is 32.8 Å². The Kier molecular flexibility index (Phi) is 3.16. The Morgan fingerprint density at radius 2 is 2.12 bits per heavy atom. The van der Waals surface area contributed by atoms with Gasteiger partial charge in [0.1, 0.15) is 0 Å². The zero-order valence-corrected chi connectivity index (χ0v) is 10.8. The van der Waals surface area contributed by atoms with E-state index in [1.54, 1.807) is 0 Å². The quantitative estimate of drug-likeness (QED) is 0.873. The summed E-state index contributed by atoms with van der Waals surface area (Å²) in [6, 6.07) is 8.33. The number of aromatic nitrogens is 1. The molecule has 0 fully saturated rings. The number of hydrogen-bond donors (Lipinski definition) is 1. The molecule has 1 heterocycles. The smallest absolute Gasteiger partial charge is 0.0413 e. The molecule has 17 heavy (non-hydrogen) atoms. The van der Waals surface area contributed by atoms with Gasteiger partial charge in [-0.2, -0.15) is 0 Å². The largest absolute Gasteiger partial charge is 0.321 e. The van der Waals surface area contributed by atoms with Crippen LogP contribution in [0.3, 0.4) is 0 Å². The Bertz CT molecular complexity index is 512. The molecule has 2 rings (SSSR count). The van der Waals surface area contributed by atoms with E-state index < -0.39 is 0 Å². The molecule has 0 aliphatic rings. The van der Waals surface area contributed by atoms with Gasteiger partial charge in [-0.1, -0.05) is 38.5 Å². The van der Waals surface area contributed by atoms with Crippen molar-refractivity contribution in [2.45, 2.75) is 32.7 Å². The minimum absolute atomic E-state index is 0.308. The molecule has 2 atom stereocenters. The van der Waals surface area contributed by atoms with Crippen molar-refractivity contribution >= 4 is 10.8 Å². The molecule has 0 saturated heterocycles. The van der Waals surface area contributed by atoms with Crippen LogP contribution >= 0.6 is 0 Å². The maximum atomic E-state index is 6.53. The molecule has 2 aromatic rings. The van der Waals surface area contributed by atoms with Crippen LogP contribution in [0.2, 0.25) is 0 Å². The van der Waals surface area contributed by atoms with Crippen LogP contribution < -0.4 is 5.73 Å². The predicted molar refractivity (Wildman–Crippen MR) is 72.7 cm³/mol. The van der Waals surface area contributed by atoms with Gasteiger partial charge in [-0.3, -0.25) is 4.98 Å². The third kappa shape index (κ3) is 2.05. The summed E-state index contributed by atoms with van der Waals surface area (Å²) >= 11 is 0. The zero-order chi connectivity index (χ0) is 12.5. The van der Waals surface area contributed by atoms with Crippen LogP contribution in [-0.2, 0) is 5.54 Å². The summed E-state index contributed by atoms with van der Waals surface area (Å²) in [5.41, 5.74) is 7.41. The molecular formula is C15H20N2. The predicted octanol–water partition coefficient (Wildman–Crippen LogP) is 3.45. The number of hydrogen-bond acceptors (Lipinski definition) is 2. The number of nitrogens with zero attached hydrogens (tertiary/aromatic N) is 1. The Morgan fingerprint density at radius 1 is 1.35 bits per heavy atom. The lowest BCUT2D eigenvalue weighted by Crippen LogP contribution is -2.39. The maximum absolute atomic E-state index is 6.53. The van der Waals surface area contributed by atoms with E-state index in [0.29, 0.717) is 5.92 Å². The van der Waals surface area contributed by atoms with Crippen molar-refractivity contribution in [3.63, 3.8) is 0 Å². The van der Waals surface area contributed by atoms with Gasteiger partial charge in [-0.25, -0.2) is 0 Å². The van der Waals surface area contributed by atoms with Crippen molar-refractivity contribution in [1.82, 2.24) is 4.98 Å². The average Bonchev–Trinajstić information content (AvgIpc) is 2.37. The van der Waals surface area contributed by atoms with E-state index in [-0.39, 0.29) is 5.54 Å². The zero-order valence-electron chi connectivity index (χ0n) is 10.8. The van der Waals surface area contributed by atoms with E-state index in [4.69, 9.17) is 5.73 Å². The van der Waals surface area contributed by atoms with Gasteiger partial charge in [0.05, 0.1) is 0 Å². The van der Waals surface area contributed by atoms with Crippen molar-refractivity contribution in [2.75, 3.05) is 0 Å². The van der Waals surface area contributed by atoms with E-state index in [2.05, 4.69) is 44.0 Å². The molecule has 0 amide bonds. The minimum Gasteiger partial charge on any atom is -0.321 e. The highest BCUT2D eigenvalue weighted by molar-refractivity contribution is 5.85. The van der Waals surface area contributed by atoms with Crippen molar-refractivity contribution < 1.29 is 0 Å². The second-order valence-electron chi connectivity index (χ2n) is 4.99. The van der Waals surface area contributed by atoms with Gasteiger partial charge < -0.3 is 5.73 Å². The highest BCUT2D eigenvalue weighted by Gasteiger charge is 2.28. The first kappa shape index (κ1) is 12.1. The van der Waals surface area contributed by atoms with Crippen molar-refractivity contribution in [3.8, 4) is 0 Å². The Hall–Kier alpha value is -1.41. The highest BCUT2D eigenvalue weighted by atomic mass is 14.7. The number of fused-ring (bicyclic) bond motifs is 1. The maximum Gasteiger partial charge on any atom is 0.0413 e. The van der Waals surface area contributed by atoms with E-state index in [1.165, 1.54) is 16.3 Å². The topological polar surface area (TPSA) is 38.9 Å². The number of rotatable bonds is 3. The van der Waals surface area contributed by atoms with Crippen LogP contribution in [0, 0.1) is 5.92 Å². The third-order valence-corrected chi connectivity index (χ3v) is 3.90. The molecule has 0 aliphatic carbocycles. The Balaban J connectivity index is 2.63. The first-order valence-electron chi connectivity index (χ1n) is 6.19. The lowest BCUT2D eigenvalue weighted by molar-refractivity contribution is 0.318. The summed E-state index contributed by atoms with van der Waals surface area (Å²) in [5, 5.41) is 2.37. The SMILES string of the molecule is CCC(C)C(C)(N)c1cccc2ccncc12. The van der Waals surface area contributed by atoms with Gasteiger partial charge in [-0.15, -0.1) is 0 Å². The lowest BCUT2D eigenvalue weighted by Gasteiger charge is -2.32. The number of nitrogens with two attached hydrogens (primary N) is 1. The average molecular weight is 228 g/mol. The molecule has 2 N–H and O–H groups in total. The van der Waals surface area contributed by atoms with Crippen molar-refractivity contribution in [3.05, 3.63) is 42.2 Å². The number of benzene rings is 1. The van der Waals surface area contributed by atoms with Gasteiger partial charge in [0, 0.05) is 23.3 Å². The molecule has 2 heteroatoms. The van der Waals surface area contributed by atoms with Gasteiger partial charge in [-0.05, 0) is 29.9 Å². The first-order chi connectivity index (χ1) is 8.07. The van der Waals surface area contributed by atoms with E-state index in [0.717, 1.165) is 6.42 Å². The molecule has 0 bridgehead atoms.